The zero-order valence-corrected chi connectivity index (χ0v) is 17.8. The smallest absolute Gasteiger partial charge is 0.301 e. The number of benzene rings is 1. The minimum atomic E-state index is -0.749. The molecule has 30 heavy (non-hydrogen) atoms. The average Bonchev–Trinajstić information content (AvgIpc) is 3.48. The van der Waals surface area contributed by atoms with Gasteiger partial charge in [-0.15, -0.1) is 21.5 Å². The van der Waals surface area contributed by atoms with Crippen LogP contribution in [0.25, 0.3) is 5.76 Å². The summed E-state index contributed by atoms with van der Waals surface area (Å²) in [6, 6.07) is 8.26. The highest BCUT2D eigenvalue weighted by Gasteiger charge is 2.48. The van der Waals surface area contributed by atoms with Crippen molar-refractivity contribution in [1.82, 2.24) is 10.2 Å². The Kier molecular flexibility index (Phi) is 4.44. The number of carbonyl (C=O) groups is 2. The predicted octanol–water partition coefficient (Wildman–Crippen LogP) is 3.86. The van der Waals surface area contributed by atoms with Crippen LogP contribution in [0.5, 0.6) is 5.75 Å². The number of aryl methyl sites for hydroxylation is 1. The van der Waals surface area contributed by atoms with Crippen LogP contribution in [0.15, 0.2) is 41.3 Å². The molecule has 0 aliphatic carbocycles. The van der Waals surface area contributed by atoms with Crippen molar-refractivity contribution in [2.75, 3.05) is 4.90 Å². The van der Waals surface area contributed by atoms with Crippen LogP contribution < -0.4 is 9.64 Å². The lowest BCUT2D eigenvalue weighted by Gasteiger charge is -2.21. The second-order valence-electron chi connectivity index (χ2n) is 7.24. The normalized spacial score (nSPS) is 22.4. The molecule has 1 amide bonds. The summed E-state index contributed by atoms with van der Waals surface area (Å²) >= 11 is 2.64. The Morgan fingerprint density at radius 1 is 1.27 bits per heavy atom. The fourth-order valence-corrected chi connectivity index (χ4v) is 5.39. The number of fused-ring (bicyclic) bond motifs is 1. The van der Waals surface area contributed by atoms with Crippen molar-refractivity contribution in [2.24, 2.45) is 0 Å². The van der Waals surface area contributed by atoms with Crippen LogP contribution in [-0.2, 0) is 16.0 Å². The highest BCUT2D eigenvalue weighted by atomic mass is 32.1. The number of aromatic nitrogens is 2. The molecule has 1 fully saturated rings. The van der Waals surface area contributed by atoms with Gasteiger partial charge in [0.1, 0.15) is 28.7 Å². The van der Waals surface area contributed by atoms with E-state index in [2.05, 4.69) is 10.2 Å². The van der Waals surface area contributed by atoms with Crippen LogP contribution in [0.3, 0.4) is 0 Å². The Labute approximate surface area is 180 Å². The minimum Gasteiger partial charge on any atom is -0.507 e. The first-order chi connectivity index (χ1) is 14.4. The molecule has 2 aliphatic heterocycles. The van der Waals surface area contributed by atoms with Gasteiger partial charge in [0.2, 0.25) is 5.13 Å². The molecule has 0 spiro atoms. The number of rotatable bonds is 3. The van der Waals surface area contributed by atoms with Crippen molar-refractivity contribution >= 4 is 45.3 Å². The summed E-state index contributed by atoms with van der Waals surface area (Å²) in [5, 5.41) is 22.1. The third-order valence-electron chi connectivity index (χ3n) is 5.15. The predicted molar refractivity (Wildman–Crippen MR) is 114 cm³/mol. The van der Waals surface area contributed by atoms with E-state index in [4.69, 9.17) is 4.74 Å². The van der Waals surface area contributed by atoms with Crippen LogP contribution in [-0.4, -0.2) is 33.1 Å². The van der Waals surface area contributed by atoms with Gasteiger partial charge in [0, 0.05) is 16.9 Å². The molecular weight excluding hydrogens is 422 g/mol. The molecule has 5 rings (SSSR count). The number of Topliss-reactive ketones (excluding diaryl/α,β-unsaturated/α-hetero) is 1. The molecule has 152 valence electrons. The Bertz CT molecular complexity index is 1200. The molecule has 2 aliphatic rings. The van der Waals surface area contributed by atoms with E-state index in [1.807, 2.05) is 30.5 Å². The molecule has 1 aromatic carbocycles. The summed E-state index contributed by atoms with van der Waals surface area (Å²) in [7, 11) is 0. The molecule has 1 saturated heterocycles. The number of ketones is 1. The van der Waals surface area contributed by atoms with Gasteiger partial charge in [-0.05, 0) is 49.1 Å². The number of ether oxygens (including phenoxy) is 1. The minimum absolute atomic E-state index is 0.0576. The van der Waals surface area contributed by atoms with Gasteiger partial charge in [0.15, 0.2) is 0 Å². The molecule has 0 unspecified atom stereocenters. The fraction of sp³-hybridized carbons (Fsp3) is 0.238. The average molecular weight is 440 g/mol. The van der Waals surface area contributed by atoms with E-state index in [0.29, 0.717) is 15.7 Å². The van der Waals surface area contributed by atoms with Gasteiger partial charge in [-0.1, -0.05) is 17.4 Å². The molecule has 9 heteroatoms. The van der Waals surface area contributed by atoms with Crippen LogP contribution >= 0.6 is 22.7 Å². The van der Waals surface area contributed by atoms with Gasteiger partial charge >= 0.3 is 5.91 Å². The lowest BCUT2D eigenvalue weighted by atomic mass is 9.98. The number of aliphatic hydroxyl groups excluding tert-OH is 1. The maximum absolute atomic E-state index is 13.0. The molecule has 0 saturated carbocycles. The molecule has 2 aromatic heterocycles. The second-order valence-corrected chi connectivity index (χ2v) is 9.38. The van der Waals surface area contributed by atoms with E-state index in [9.17, 15) is 14.7 Å². The number of nitrogens with zero attached hydrogens (tertiary/aromatic N) is 3. The SMILES string of the molecule is Cc1nnc(N2C(=O)C(=O)C(=C(O)c3ccc4c(c3)C[C@@H](C)O4)[C@H]2c2cccs2)s1. The summed E-state index contributed by atoms with van der Waals surface area (Å²) in [4.78, 5) is 28.1. The quantitative estimate of drug-likeness (QED) is 0.379. The Morgan fingerprint density at radius 3 is 2.80 bits per heavy atom. The monoisotopic (exact) mass is 439 g/mol. The van der Waals surface area contributed by atoms with Crippen molar-refractivity contribution in [1.29, 1.82) is 0 Å². The zero-order valence-electron chi connectivity index (χ0n) is 16.2. The first kappa shape index (κ1) is 19.0. The summed E-state index contributed by atoms with van der Waals surface area (Å²) in [5.74, 6) is -0.871. The summed E-state index contributed by atoms with van der Waals surface area (Å²) in [6.45, 7) is 3.76. The summed E-state index contributed by atoms with van der Waals surface area (Å²) < 4.78 is 5.72. The van der Waals surface area contributed by atoms with Crippen LogP contribution in [0.2, 0.25) is 0 Å². The van der Waals surface area contributed by atoms with Crippen molar-refractivity contribution in [3.8, 4) is 5.75 Å². The highest BCUT2D eigenvalue weighted by molar-refractivity contribution is 7.15. The number of hydrogen-bond donors (Lipinski definition) is 1. The van der Waals surface area contributed by atoms with Crippen LogP contribution in [0, 0.1) is 6.92 Å². The Balaban J connectivity index is 1.67. The number of thiophene rings is 1. The maximum Gasteiger partial charge on any atom is 0.301 e. The zero-order chi connectivity index (χ0) is 21.0. The number of hydrogen-bond acceptors (Lipinski definition) is 8. The van der Waals surface area contributed by atoms with E-state index in [1.165, 1.54) is 27.6 Å². The fourth-order valence-electron chi connectivity index (χ4n) is 3.85. The topological polar surface area (TPSA) is 92.6 Å². The Morgan fingerprint density at radius 2 is 2.10 bits per heavy atom. The molecule has 4 heterocycles. The number of aliphatic hydroxyl groups is 1. The molecule has 3 aromatic rings. The molecule has 2 atom stereocenters. The molecule has 7 nitrogen and oxygen atoms in total. The largest absolute Gasteiger partial charge is 0.507 e. The number of amides is 1. The van der Waals surface area contributed by atoms with Crippen molar-refractivity contribution in [3.63, 3.8) is 0 Å². The molecule has 0 bridgehead atoms. The van der Waals surface area contributed by atoms with Crippen molar-refractivity contribution < 1.29 is 19.4 Å². The summed E-state index contributed by atoms with van der Waals surface area (Å²) in [5.41, 5.74) is 1.51. The first-order valence-corrected chi connectivity index (χ1v) is 11.1. The van der Waals surface area contributed by atoms with Crippen molar-refractivity contribution in [3.05, 3.63) is 62.3 Å². The van der Waals surface area contributed by atoms with Crippen molar-refractivity contribution in [2.45, 2.75) is 32.4 Å². The van der Waals surface area contributed by atoms with E-state index in [-0.39, 0.29) is 17.4 Å². The van der Waals surface area contributed by atoms with Gasteiger partial charge in [-0.2, -0.15) is 0 Å². The second kappa shape index (κ2) is 7.03. The van der Waals surface area contributed by atoms with Crippen LogP contribution in [0.4, 0.5) is 5.13 Å². The lowest BCUT2D eigenvalue weighted by Crippen LogP contribution is -2.29. The molecule has 0 radical (unpaired) electrons. The van der Waals surface area contributed by atoms with Crippen LogP contribution in [0.1, 0.15) is 34.0 Å². The third kappa shape index (κ3) is 2.93. The first-order valence-electron chi connectivity index (χ1n) is 9.38. The number of carbonyl (C=O) groups excluding carboxylic acids is 2. The van der Waals surface area contributed by atoms with Gasteiger partial charge in [0.05, 0.1) is 5.57 Å². The van der Waals surface area contributed by atoms with Gasteiger partial charge in [-0.25, -0.2) is 0 Å². The van der Waals surface area contributed by atoms with Gasteiger partial charge < -0.3 is 9.84 Å². The number of anilines is 1. The lowest BCUT2D eigenvalue weighted by molar-refractivity contribution is -0.132. The maximum atomic E-state index is 13.0. The standard InChI is InChI=1S/C21H17N3O4S2/c1-10-8-13-9-12(5-6-14(13)28-10)18(25)16-17(15-4-3-7-29-15)24(20(27)19(16)26)21-23-22-11(2)30-21/h3-7,9-10,17,25H,8H2,1-2H3/t10-,17-/m1/s1. The van der Waals surface area contributed by atoms with E-state index < -0.39 is 17.7 Å². The van der Waals surface area contributed by atoms with Gasteiger partial charge in [0.25, 0.3) is 5.78 Å². The van der Waals surface area contributed by atoms with E-state index in [0.717, 1.165) is 22.6 Å². The van der Waals surface area contributed by atoms with E-state index in [1.54, 1.807) is 19.1 Å². The highest BCUT2D eigenvalue weighted by Crippen LogP contribution is 2.44. The summed E-state index contributed by atoms with van der Waals surface area (Å²) in [6.07, 6.45) is 0.790. The molecular formula is C21H17N3O4S2. The van der Waals surface area contributed by atoms with Gasteiger partial charge in [-0.3, -0.25) is 14.5 Å². The van der Waals surface area contributed by atoms with E-state index >= 15 is 0 Å². The third-order valence-corrected chi connectivity index (χ3v) is 6.91. The Hall–Kier alpha value is -3.04. The molecule has 1 N–H and O–H groups in total.